The van der Waals surface area contributed by atoms with Gasteiger partial charge in [0, 0.05) is 24.2 Å². The highest BCUT2D eigenvalue weighted by molar-refractivity contribution is 5.67. The first-order chi connectivity index (χ1) is 10.6. The molecule has 4 rings (SSSR count). The Balaban J connectivity index is 1.83. The summed E-state index contributed by atoms with van der Waals surface area (Å²) in [7, 11) is 4.29. The predicted molar refractivity (Wildman–Crippen MR) is 90.6 cm³/mol. The van der Waals surface area contributed by atoms with Crippen molar-refractivity contribution in [3.63, 3.8) is 0 Å². The van der Waals surface area contributed by atoms with Gasteiger partial charge in [0.2, 0.25) is 0 Å². The van der Waals surface area contributed by atoms with Crippen LogP contribution in [0.3, 0.4) is 0 Å². The molecule has 0 spiro atoms. The molecule has 1 heterocycles. The molecule has 0 saturated heterocycles. The van der Waals surface area contributed by atoms with Crippen molar-refractivity contribution in [1.82, 2.24) is 4.90 Å². The van der Waals surface area contributed by atoms with E-state index in [4.69, 9.17) is 0 Å². The first-order valence-corrected chi connectivity index (χ1v) is 8.82. The Kier molecular flexibility index (Phi) is 3.28. The van der Waals surface area contributed by atoms with E-state index in [1.54, 1.807) is 0 Å². The largest absolute Gasteiger partial charge is 0.389 e. The third kappa shape index (κ3) is 1.88. The van der Waals surface area contributed by atoms with Crippen molar-refractivity contribution in [2.24, 2.45) is 0 Å². The van der Waals surface area contributed by atoms with Gasteiger partial charge in [0.25, 0.3) is 0 Å². The lowest BCUT2D eigenvalue weighted by Crippen LogP contribution is -2.63. The molecule has 1 saturated carbocycles. The Morgan fingerprint density at radius 1 is 1.18 bits per heavy atom. The Morgan fingerprint density at radius 2 is 1.95 bits per heavy atom. The summed E-state index contributed by atoms with van der Waals surface area (Å²) in [6.07, 6.45) is 7.73. The van der Waals surface area contributed by atoms with Crippen molar-refractivity contribution in [2.45, 2.75) is 56.0 Å². The van der Waals surface area contributed by atoms with Crippen molar-refractivity contribution < 1.29 is 5.11 Å². The lowest BCUT2D eigenvalue weighted by atomic mass is 9.51. The van der Waals surface area contributed by atoms with Gasteiger partial charge < -0.3 is 15.3 Å². The van der Waals surface area contributed by atoms with Crippen molar-refractivity contribution in [1.29, 1.82) is 0 Å². The first kappa shape index (κ1) is 14.5. The van der Waals surface area contributed by atoms with Gasteiger partial charge in [-0.1, -0.05) is 25.3 Å². The molecular weight excluding hydrogens is 272 g/mol. The highest BCUT2D eigenvalue weighted by atomic mass is 16.3. The number of aliphatic hydroxyl groups is 1. The molecule has 2 aliphatic carbocycles. The summed E-state index contributed by atoms with van der Waals surface area (Å²) in [6.45, 7) is 2.01. The summed E-state index contributed by atoms with van der Waals surface area (Å²) in [5, 5.41) is 15.1. The number of anilines is 1. The van der Waals surface area contributed by atoms with Crippen LogP contribution < -0.4 is 5.32 Å². The second-order valence-corrected chi connectivity index (χ2v) is 7.89. The minimum atomic E-state index is -0.514. The first-order valence-electron chi connectivity index (χ1n) is 8.82. The fraction of sp³-hybridized carbons (Fsp3) is 0.684. The van der Waals surface area contributed by atoms with E-state index in [1.807, 2.05) is 0 Å². The van der Waals surface area contributed by atoms with Gasteiger partial charge in [0.15, 0.2) is 0 Å². The molecule has 0 bridgehead atoms. The molecule has 3 aliphatic rings. The molecule has 0 amide bonds. The van der Waals surface area contributed by atoms with Crippen LogP contribution in [0.25, 0.3) is 0 Å². The van der Waals surface area contributed by atoms with Gasteiger partial charge in [-0.3, -0.25) is 0 Å². The minimum absolute atomic E-state index is 0.0520. The maximum absolute atomic E-state index is 11.6. The molecule has 1 aliphatic heterocycles. The fourth-order valence-corrected chi connectivity index (χ4v) is 5.33. The average Bonchev–Trinajstić information content (AvgIpc) is 2.91. The quantitative estimate of drug-likeness (QED) is 0.901. The molecule has 0 radical (unpaired) electrons. The van der Waals surface area contributed by atoms with Crippen LogP contribution in [-0.2, 0) is 18.3 Å². The van der Waals surface area contributed by atoms with E-state index in [9.17, 15) is 5.11 Å². The second-order valence-electron chi connectivity index (χ2n) is 7.89. The highest BCUT2D eigenvalue weighted by Gasteiger charge is 2.58. The summed E-state index contributed by atoms with van der Waals surface area (Å²) < 4.78 is 0. The normalized spacial score (nSPS) is 28.7. The van der Waals surface area contributed by atoms with E-state index in [1.165, 1.54) is 41.6 Å². The van der Waals surface area contributed by atoms with Gasteiger partial charge in [0.05, 0.1) is 5.60 Å². The van der Waals surface area contributed by atoms with E-state index in [0.29, 0.717) is 0 Å². The number of nitrogens with zero attached hydrogens (tertiary/aromatic N) is 1. The Labute approximate surface area is 133 Å². The van der Waals surface area contributed by atoms with E-state index in [2.05, 4.69) is 36.4 Å². The van der Waals surface area contributed by atoms with Crippen LogP contribution in [0.2, 0.25) is 0 Å². The maximum atomic E-state index is 11.6. The molecule has 0 aromatic heterocycles. The van der Waals surface area contributed by atoms with Crippen LogP contribution in [0.4, 0.5) is 5.69 Å². The zero-order valence-corrected chi connectivity index (χ0v) is 13.9. The number of hydrogen-bond acceptors (Lipinski definition) is 3. The molecule has 22 heavy (non-hydrogen) atoms. The van der Waals surface area contributed by atoms with Crippen molar-refractivity contribution >= 4 is 5.69 Å². The van der Waals surface area contributed by atoms with Crippen LogP contribution in [0.15, 0.2) is 12.1 Å². The van der Waals surface area contributed by atoms with E-state index >= 15 is 0 Å². The summed E-state index contributed by atoms with van der Waals surface area (Å²) in [5.41, 5.74) is 5.20. The number of nitrogens with one attached hydrogen (secondary N) is 1. The summed E-state index contributed by atoms with van der Waals surface area (Å²) >= 11 is 0. The van der Waals surface area contributed by atoms with E-state index < -0.39 is 5.60 Å². The van der Waals surface area contributed by atoms with Gasteiger partial charge >= 0.3 is 0 Å². The molecule has 1 atom stereocenters. The van der Waals surface area contributed by atoms with Gasteiger partial charge in [-0.15, -0.1) is 0 Å². The van der Waals surface area contributed by atoms with Crippen LogP contribution in [-0.4, -0.2) is 42.8 Å². The molecule has 3 nitrogen and oxygen atoms in total. The lowest BCUT2D eigenvalue weighted by molar-refractivity contribution is -0.0872. The predicted octanol–water partition coefficient (Wildman–Crippen LogP) is 2.71. The van der Waals surface area contributed by atoms with Crippen LogP contribution >= 0.6 is 0 Å². The Bertz CT molecular complexity index is 589. The van der Waals surface area contributed by atoms with Crippen LogP contribution in [0, 0.1) is 0 Å². The summed E-state index contributed by atoms with van der Waals surface area (Å²) in [4.78, 5) is 2.28. The molecule has 3 heteroatoms. The number of fused-ring (bicyclic) bond motifs is 3. The van der Waals surface area contributed by atoms with Crippen molar-refractivity contribution in [3.05, 3.63) is 28.8 Å². The number of hydrogen-bond donors (Lipinski definition) is 2. The summed E-state index contributed by atoms with van der Waals surface area (Å²) in [5.74, 6) is 0. The van der Waals surface area contributed by atoms with E-state index in [0.717, 1.165) is 38.8 Å². The molecule has 1 aromatic carbocycles. The van der Waals surface area contributed by atoms with Crippen LogP contribution in [0.1, 0.15) is 48.8 Å². The third-order valence-corrected chi connectivity index (χ3v) is 6.22. The molecule has 1 fully saturated rings. The second kappa shape index (κ2) is 4.97. The van der Waals surface area contributed by atoms with Crippen molar-refractivity contribution in [3.8, 4) is 0 Å². The molecule has 2 N–H and O–H groups in total. The molecule has 1 unspecified atom stereocenters. The monoisotopic (exact) mass is 300 g/mol. The molecule has 1 aromatic rings. The smallest absolute Gasteiger partial charge is 0.0759 e. The average molecular weight is 300 g/mol. The lowest BCUT2D eigenvalue weighted by Gasteiger charge is -2.57. The minimum Gasteiger partial charge on any atom is -0.389 e. The number of benzene rings is 1. The topological polar surface area (TPSA) is 35.5 Å². The van der Waals surface area contributed by atoms with Crippen LogP contribution in [0.5, 0.6) is 0 Å². The van der Waals surface area contributed by atoms with Gasteiger partial charge in [0.1, 0.15) is 0 Å². The maximum Gasteiger partial charge on any atom is 0.0759 e. The standard InChI is InChI=1S/C19H28N2O/c1-21(2)13-18(19(22)9-4-3-5-10-19)12-14-6-7-16-15(17(14)18)8-11-20-16/h6-7,20,22H,3-5,8-13H2,1-2H3. The Hall–Kier alpha value is -1.06. The van der Waals surface area contributed by atoms with Gasteiger partial charge in [-0.25, -0.2) is 0 Å². The zero-order valence-electron chi connectivity index (χ0n) is 13.9. The zero-order chi connectivity index (χ0) is 15.4. The molecule has 120 valence electrons. The van der Waals surface area contributed by atoms with Gasteiger partial charge in [-0.2, -0.15) is 0 Å². The summed E-state index contributed by atoms with van der Waals surface area (Å²) in [6, 6.07) is 4.53. The van der Waals surface area contributed by atoms with Crippen molar-refractivity contribution in [2.75, 3.05) is 32.5 Å². The fourth-order valence-electron chi connectivity index (χ4n) is 5.33. The Morgan fingerprint density at radius 3 is 2.68 bits per heavy atom. The number of rotatable bonds is 3. The van der Waals surface area contributed by atoms with Gasteiger partial charge in [-0.05, 0) is 62.5 Å². The third-order valence-electron chi connectivity index (χ3n) is 6.22. The van der Waals surface area contributed by atoms with E-state index in [-0.39, 0.29) is 5.41 Å². The SMILES string of the molecule is CN(C)CC1(C2(O)CCCCC2)Cc2ccc3c(c21)CCN3. The number of likely N-dealkylation sites (N-methyl/N-ethyl adjacent to an activating group) is 1. The highest BCUT2D eigenvalue weighted by Crippen LogP contribution is 2.56. The molecular formula is C19H28N2O.